The quantitative estimate of drug-likeness (QED) is 0.681. The molecule has 1 heterocycles. The number of hydrogen-bond acceptors (Lipinski definition) is 5. The van der Waals surface area contributed by atoms with Crippen LogP contribution in [0.3, 0.4) is 0 Å². The number of aromatic nitrogens is 1. The highest BCUT2D eigenvalue weighted by atomic mass is 19.1. The Kier molecular flexibility index (Phi) is 3.74. The molecule has 0 aliphatic heterocycles. The number of benzene rings is 1. The highest BCUT2D eigenvalue weighted by Gasteiger charge is 2.21. The fourth-order valence-electron chi connectivity index (χ4n) is 1.58. The number of nitrogens with one attached hydrogen (secondary N) is 1. The molecule has 1 aromatic heterocycles. The molecule has 0 radical (unpaired) electrons. The van der Waals surface area contributed by atoms with Crippen LogP contribution in [0.2, 0.25) is 0 Å². The van der Waals surface area contributed by atoms with E-state index in [-0.39, 0.29) is 18.0 Å². The molecule has 0 spiro atoms. The van der Waals surface area contributed by atoms with Gasteiger partial charge in [0, 0.05) is 6.07 Å². The van der Waals surface area contributed by atoms with Crippen molar-refractivity contribution in [1.82, 2.24) is 10.3 Å². The highest BCUT2D eigenvalue weighted by Crippen LogP contribution is 2.19. The predicted octanol–water partition coefficient (Wildman–Crippen LogP) is 1.96. The number of nitro groups is 1. The van der Waals surface area contributed by atoms with Gasteiger partial charge in [0.1, 0.15) is 17.1 Å². The number of carbonyl (C=O) groups excluding carboxylic acids is 1. The summed E-state index contributed by atoms with van der Waals surface area (Å²) in [5.41, 5.74) is -0.814. The van der Waals surface area contributed by atoms with Gasteiger partial charge >= 0.3 is 0 Å². The van der Waals surface area contributed by atoms with Gasteiger partial charge < -0.3 is 9.73 Å². The van der Waals surface area contributed by atoms with Crippen LogP contribution in [0.4, 0.5) is 10.1 Å². The van der Waals surface area contributed by atoms with Gasteiger partial charge in [0.15, 0.2) is 0 Å². The van der Waals surface area contributed by atoms with Gasteiger partial charge in [0.05, 0.1) is 17.7 Å². The van der Waals surface area contributed by atoms with Crippen molar-refractivity contribution in [3.63, 3.8) is 0 Å². The fraction of sp³-hybridized carbons (Fsp3) is 0.167. The van der Waals surface area contributed by atoms with E-state index in [1.165, 1.54) is 6.20 Å². The molecule has 0 fully saturated rings. The van der Waals surface area contributed by atoms with E-state index in [1.807, 2.05) is 0 Å². The minimum Gasteiger partial charge on any atom is -0.444 e. The van der Waals surface area contributed by atoms with E-state index < -0.39 is 22.3 Å². The summed E-state index contributed by atoms with van der Waals surface area (Å²) in [4.78, 5) is 25.8. The number of nitro benzene ring substituents is 1. The zero-order valence-electron chi connectivity index (χ0n) is 10.4. The zero-order valence-corrected chi connectivity index (χ0v) is 10.4. The summed E-state index contributed by atoms with van der Waals surface area (Å²) in [6, 6.07) is 2.68. The van der Waals surface area contributed by atoms with E-state index in [4.69, 9.17) is 4.42 Å². The lowest BCUT2D eigenvalue weighted by atomic mass is 10.1. The van der Waals surface area contributed by atoms with Crippen molar-refractivity contribution in [2.24, 2.45) is 0 Å². The molecule has 0 unspecified atom stereocenters. The Labute approximate surface area is 112 Å². The van der Waals surface area contributed by atoms with Crippen LogP contribution in [0.15, 0.2) is 28.8 Å². The minimum atomic E-state index is -0.771. The number of hydrogen-bond donors (Lipinski definition) is 1. The van der Waals surface area contributed by atoms with Crippen LogP contribution in [0, 0.1) is 22.9 Å². The van der Waals surface area contributed by atoms with Gasteiger partial charge in [-0.1, -0.05) is 0 Å². The van der Waals surface area contributed by atoms with Crippen LogP contribution in [0.25, 0.3) is 0 Å². The van der Waals surface area contributed by atoms with Crippen molar-refractivity contribution >= 4 is 11.6 Å². The summed E-state index contributed by atoms with van der Waals surface area (Å²) >= 11 is 0. The maximum Gasteiger partial charge on any atom is 0.282 e. The smallest absolute Gasteiger partial charge is 0.282 e. The summed E-state index contributed by atoms with van der Waals surface area (Å²) in [5, 5.41) is 13.2. The summed E-state index contributed by atoms with van der Waals surface area (Å²) in [5.74, 6) is -0.666. The number of amides is 1. The molecule has 1 N–H and O–H groups in total. The second kappa shape index (κ2) is 5.47. The van der Waals surface area contributed by atoms with Crippen molar-refractivity contribution in [2.45, 2.75) is 13.5 Å². The molecule has 0 aliphatic rings. The van der Waals surface area contributed by atoms with Crippen LogP contribution in [-0.4, -0.2) is 15.8 Å². The Hall–Kier alpha value is -2.77. The molecule has 2 rings (SSSR count). The zero-order chi connectivity index (χ0) is 14.7. The molecule has 1 amide bonds. The number of nitrogens with zero attached hydrogens (tertiary/aromatic N) is 2. The third-order valence-electron chi connectivity index (χ3n) is 2.47. The third-order valence-corrected chi connectivity index (χ3v) is 2.47. The van der Waals surface area contributed by atoms with E-state index in [2.05, 4.69) is 10.3 Å². The maximum atomic E-state index is 13.1. The lowest BCUT2D eigenvalue weighted by Gasteiger charge is -2.04. The summed E-state index contributed by atoms with van der Waals surface area (Å²) < 4.78 is 18.2. The first kappa shape index (κ1) is 13.7. The molecule has 8 heteroatoms. The highest BCUT2D eigenvalue weighted by molar-refractivity contribution is 5.98. The Morgan fingerprint density at radius 2 is 2.30 bits per heavy atom. The lowest BCUT2D eigenvalue weighted by molar-refractivity contribution is -0.385. The third kappa shape index (κ3) is 2.97. The van der Waals surface area contributed by atoms with Gasteiger partial charge in [0.25, 0.3) is 11.6 Å². The Bertz CT molecular complexity index is 668. The second-order valence-electron chi connectivity index (χ2n) is 3.97. The Morgan fingerprint density at radius 1 is 1.55 bits per heavy atom. The second-order valence-corrected chi connectivity index (χ2v) is 3.97. The van der Waals surface area contributed by atoms with E-state index in [9.17, 15) is 19.3 Å². The fourth-order valence-corrected chi connectivity index (χ4v) is 1.58. The summed E-state index contributed by atoms with van der Waals surface area (Å²) in [7, 11) is 0. The number of carbonyl (C=O) groups is 1. The van der Waals surface area contributed by atoms with E-state index in [1.54, 1.807) is 6.92 Å². The number of oxazole rings is 1. The molecule has 20 heavy (non-hydrogen) atoms. The molecule has 0 bridgehead atoms. The minimum absolute atomic E-state index is 0.0413. The molecule has 7 nitrogen and oxygen atoms in total. The molecule has 0 saturated heterocycles. The van der Waals surface area contributed by atoms with Crippen LogP contribution >= 0.6 is 0 Å². The molecule has 0 aliphatic carbocycles. The van der Waals surface area contributed by atoms with Crippen LogP contribution < -0.4 is 5.32 Å². The van der Waals surface area contributed by atoms with Crippen molar-refractivity contribution < 1.29 is 18.5 Å². The van der Waals surface area contributed by atoms with Crippen molar-refractivity contribution in [3.8, 4) is 0 Å². The average Bonchev–Trinajstić information content (AvgIpc) is 2.81. The van der Waals surface area contributed by atoms with Gasteiger partial charge in [-0.25, -0.2) is 9.37 Å². The molecule has 104 valence electrons. The van der Waals surface area contributed by atoms with Crippen molar-refractivity contribution in [1.29, 1.82) is 0 Å². The predicted molar refractivity (Wildman–Crippen MR) is 65.5 cm³/mol. The van der Waals surface area contributed by atoms with Gasteiger partial charge in [0.2, 0.25) is 5.89 Å². The van der Waals surface area contributed by atoms with Gasteiger partial charge in [-0.2, -0.15) is 0 Å². The van der Waals surface area contributed by atoms with E-state index in [0.29, 0.717) is 5.76 Å². The lowest BCUT2D eigenvalue weighted by Crippen LogP contribution is -2.24. The molecular formula is C12H10FN3O4. The van der Waals surface area contributed by atoms with Crippen molar-refractivity contribution in [3.05, 3.63) is 57.5 Å². The average molecular weight is 279 g/mol. The first-order chi connectivity index (χ1) is 9.47. The topological polar surface area (TPSA) is 98.3 Å². The van der Waals surface area contributed by atoms with E-state index in [0.717, 1.165) is 18.2 Å². The monoisotopic (exact) mass is 279 g/mol. The molecule has 1 aromatic carbocycles. The summed E-state index contributed by atoms with van der Waals surface area (Å²) in [6.07, 6.45) is 1.48. The Morgan fingerprint density at radius 3 is 2.90 bits per heavy atom. The number of aryl methyl sites for hydroxylation is 1. The van der Waals surface area contributed by atoms with Crippen LogP contribution in [0.1, 0.15) is 22.0 Å². The Balaban J connectivity index is 2.16. The standard InChI is InChI=1S/C12H10FN3O4/c1-7-5-14-11(20-7)6-15-12(17)9-4-8(13)2-3-10(9)16(18)19/h2-5H,6H2,1H3,(H,15,17). The molecule has 2 aromatic rings. The molecular weight excluding hydrogens is 269 g/mol. The molecule has 0 saturated carbocycles. The first-order valence-electron chi connectivity index (χ1n) is 5.61. The normalized spacial score (nSPS) is 10.3. The van der Waals surface area contributed by atoms with Crippen molar-refractivity contribution in [2.75, 3.05) is 0 Å². The van der Waals surface area contributed by atoms with Crippen LogP contribution in [-0.2, 0) is 6.54 Å². The number of halogens is 1. The summed E-state index contributed by atoms with van der Waals surface area (Å²) in [6.45, 7) is 1.65. The largest absolute Gasteiger partial charge is 0.444 e. The SMILES string of the molecule is Cc1cnc(CNC(=O)c2cc(F)ccc2[N+](=O)[O-])o1. The maximum absolute atomic E-state index is 13.1. The van der Waals surface area contributed by atoms with Gasteiger partial charge in [-0.05, 0) is 19.1 Å². The number of rotatable bonds is 4. The first-order valence-corrected chi connectivity index (χ1v) is 5.61. The van der Waals surface area contributed by atoms with Gasteiger partial charge in [-0.15, -0.1) is 0 Å². The van der Waals surface area contributed by atoms with E-state index >= 15 is 0 Å². The van der Waals surface area contributed by atoms with Gasteiger partial charge in [-0.3, -0.25) is 14.9 Å². The van der Waals surface area contributed by atoms with Crippen LogP contribution in [0.5, 0.6) is 0 Å². The molecule has 0 atom stereocenters.